The first-order valence-corrected chi connectivity index (χ1v) is 13.7. The van der Waals surface area contributed by atoms with Crippen LogP contribution in [0.3, 0.4) is 0 Å². The van der Waals surface area contributed by atoms with Gasteiger partial charge in [-0.1, -0.05) is 11.6 Å². The molecule has 2 N–H and O–H groups in total. The van der Waals surface area contributed by atoms with Crippen molar-refractivity contribution in [2.45, 2.75) is 42.8 Å². The Morgan fingerprint density at radius 1 is 1.20 bits per heavy atom. The van der Waals surface area contributed by atoms with E-state index >= 15 is 0 Å². The minimum atomic E-state index is -4.58. The van der Waals surface area contributed by atoms with E-state index in [0.717, 1.165) is 59.4 Å². The van der Waals surface area contributed by atoms with E-state index in [0.29, 0.717) is 28.8 Å². The third-order valence-electron chi connectivity index (χ3n) is 6.29. The average molecular weight is 541 g/mol. The molecule has 11 heteroatoms. The van der Waals surface area contributed by atoms with Crippen LogP contribution in [-0.2, 0) is 23.9 Å². The van der Waals surface area contributed by atoms with E-state index in [2.05, 4.69) is 20.6 Å². The summed E-state index contributed by atoms with van der Waals surface area (Å²) in [5.74, 6) is 0.359. The van der Waals surface area contributed by atoms with Gasteiger partial charge >= 0.3 is 6.18 Å². The molecular weight excluding hydrogens is 517 g/mol. The summed E-state index contributed by atoms with van der Waals surface area (Å²) in [6.45, 7) is 2.93. The highest BCUT2D eigenvalue weighted by Crippen LogP contribution is 2.45. The molecule has 0 radical (unpaired) electrons. The molecule has 1 fully saturated rings. The molecule has 0 unspecified atom stereocenters. The van der Waals surface area contributed by atoms with E-state index in [9.17, 15) is 13.2 Å². The molecule has 4 heterocycles. The number of nitrogens with one attached hydrogen (secondary N) is 2. The van der Waals surface area contributed by atoms with E-state index in [1.807, 2.05) is 24.5 Å². The number of rotatable bonds is 5. The summed E-state index contributed by atoms with van der Waals surface area (Å²) >= 11 is 9.39. The smallest absolute Gasteiger partial charge is 0.381 e. The van der Waals surface area contributed by atoms with Crippen molar-refractivity contribution in [2.24, 2.45) is 0 Å². The van der Waals surface area contributed by atoms with Crippen LogP contribution in [-0.4, -0.2) is 36.0 Å². The highest BCUT2D eigenvalue weighted by Gasteiger charge is 2.36. The van der Waals surface area contributed by atoms with Crippen LogP contribution in [0.15, 0.2) is 29.3 Å². The van der Waals surface area contributed by atoms with Gasteiger partial charge in [0, 0.05) is 35.7 Å². The minimum Gasteiger partial charge on any atom is -0.381 e. The number of fused-ring (bicyclic) bond motifs is 1. The number of alkyl halides is 3. The molecule has 1 saturated heterocycles. The molecule has 0 spiro atoms. The minimum absolute atomic E-state index is 0.0792. The third-order valence-corrected chi connectivity index (χ3v) is 8.81. The summed E-state index contributed by atoms with van der Waals surface area (Å²) in [6.07, 6.45) is 0.799. The van der Waals surface area contributed by atoms with Crippen LogP contribution in [0.2, 0.25) is 5.02 Å². The van der Waals surface area contributed by atoms with Crippen molar-refractivity contribution in [2.75, 3.05) is 31.3 Å². The van der Waals surface area contributed by atoms with Crippen molar-refractivity contribution >= 4 is 46.3 Å². The summed E-state index contributed by atoms with van der Waals surface area (Å²) < 4.78 is 47.3. The molecule has 5 nitrogen and oxygen atoms in total. The lowest BCUT2D eigenvalue weighted by Gasteiger charge is -2.21. The second kappa shape index (κ2) is 10.3. The average Bonchev–Trinajstić information content (AvgIpc) is 3.29. The molecule has 5 rings (SSSR count). The molecule has 2 aliphatic heterocycles. The maximum atomic E-state index is 13.9. The standard InChI is InChI=1S/C24H24ClF3N4OS2/c1-34-20-10-19(35-22(20)13-3-6-33-7-4-13)21-16(24(26,27)28)12-30-23(32-21)31-18-9-14-2-5-29-11-15(14)8-17(18)25/h8-10,12-13,29H,2-7,11H2,1H3,(H,30,31,32). The lowest BCUT2D eigenvalue weighted by molar-refractivity contribution is -0.137. The van der Waals surface area contributed by atoms with Gasteiger partial charge in [0.05, 0.1) is 21.3 Å². The summed E-state index contributed by atoms with van der Waals surface area (Å²) in [5, 5.41) is 6.82. The summed E-state index contributed by atoms with van der Waals surface area (Å²) in [7, 11) is 0. The van der Waals surface area contributed by atoms with Gasteiger partial charge in [-0.2, -0.15) is 13.2 Å². The number of hydrogen-bond acceptors (Lipinski definition) is 7. The van der Waals surface area contributed by atoms with E-state index < -0.39 is 11.7 Å². The predicted octanol–water partition coefficient (Wildman–Crippen LogP) is 6.88. The SMILES string of the molecule is CSc1cc(-c2nc(Nc3cc4c(cc3Cl)CNCC4)ncc2C(F)(F)F)sc1C1CCOCC1. The Bertz CT molecular complexity index is 1230. The molecule has 0 aliphatic carbocycles. The monoisotopic (exact) mass is 540 g/mol. The molecule has 1 aromatic carbocycles. The summed E-state index contributed by atoms with van der Waals surface area (Å²) in [6, 6.07) is 5.63. The molecule has 3 aromatic rings. The number of halogens is 4. The fourth-order valence-electron chi connectivity index (χ4n) is 4.47. The van der Waals surface area contributed by atoms with Crippen molar-refractivity contribution in [3.8, 4) is 10.6 Å². The number of aromatic nitrogens is 2. The second-order valence-corrected chi connectivity index (χ2v) is 10.9. The Hall–Kier alpha value is -1.85. The number of nitrogens with zero attached hydrogens (tertiary/aromatic N) is 2. The normalized spacial score (nSPS) is 16.8. The van der Waals surface area contributed by atoms with Crippen LogP contribution in [0.1, 0.15) is 40.3 Å². The van der Waals surface area contributed by atoms with Crippen molar-refractivity contribution in [1.82, 2.24) is 15.3 Å². The zero-order valence-corrected chi connectivity index (χ0v) is 21.4. The van der Waals surface area contributed by atoms with Gasteiger partial charge in [0.1, 0.15) is 5.56 Å². The van der Waals surface area contributed by atoms with Gasteiger partial charge in [-0.3, -0.25) is 0 Å². The van der Waals surface area contributed by atoms with Crippen LogP contribution >= 0.6 is 34.7 Å². The number of benzene rings is 1. The molecule has 2 aliphatic rings. The summed E-state index contributed by atoms with van der Waals surface area (Å²) in [4.78, 5) is 10.9. The van der Waals surface area contributed by atoms with Crippen molar-refractivity contribution in [3.05, 3.63) is 51.0 Å². The molecule has 2 aromatic heterocycles. The first kappa shape index (κ1) is 24.8. The van der Waals surface area contributed by atoms with Gasteiger partial charge in [-0.25, -0.2) is 9.97 Å². The lowest BCUT2D eigenvalue weighted by Crippen LogP contribution is -2.23. The predicted molar refractivity (Wildman–Crippen MR) is 135 cm³/mol. The maximum absolute atomic E-state index is 13.9. The first-order chi connectivity index (χ1) is 16.8. The van der Waals surface area contributed by atoms with Crippen LogP contribution in [0.25, 0.3) is 10.6 Å². The number of thiophene rings is 1. The van der Waals surface area contributed by atoms with Crippen molar-refractivity contribution in [1.29, 1.82) is 0 Å². The van der Waals surface area contributed by atoms with Crippen molar-refractivity contribution < 1.29 is 17.9 Å². The van der Waals surface area contributed by atoms with E-state index in [4.69, 9.17) is 16.3 Å². The Kier molecular flexibility index (Phi) is 7.28. The van der Waals surface area contributed by atoms with E-state index in [1.165, 1.54) is 11.3 Å². The van der Waals surface area contributed by atoms with E-state index in [-0.39, 0.29) is 17.6 Å². The van der Waals surface area contributed by atoms with Crippen LogP contribution < -0.4 is 10.6 Å². The van der Waals surface area contributed by atoms with Gasteiger partial charge in [-0.15, -0.1) is 23.1 Å². The first-order valence-electron chi connectivity index (χ1n) is 11.3. The second-order valence-electron chi connectivity index (χ2n) is 8.54. The van der Waals surface area contributed by atoms with Gasteiger partial charge in [0.15, 0.2) is 0 Å². The van der Waals surface area contributed by atoms with Gasteiger partial charge in [0.25, 0.3) is 0 Å². The highest BCUT2D eigenvalue weighted by molar-refractivity contribution is 7.98. The third kappa shape index (κ3) is 5.32. The molecule has 0 bridgehead atoms. The van der Waals surface area contributed by atoms with Crippen LogP contribution in [0, 0.1) is 0 Å². The van der Waals surface area contributed by atoms with E-state index in [1.54, 1.807) is 11.8 Å². The van der Waals surface area contributed by atoms with Crippen LogP contribution in [0.4, 0.5) is 24.8 Å². The van der Waals surface area contributed by atoms with Gasteiger partial charge < -0.3 is 15.4 Å². The van der Waals surface area contributed by atoms with Gasteiger partial charge in [-0.05, 0) is 67.3 Å². The molecular formula is C24H24ClF3N4OS2. The quantitative estimate of drug-likeness (QED) is 0.344. The largest absolute Gasteiger partial charge is 0.420 e. The maximum Gasteiger partial charge on any atom is 0.420 e. The number of ether oxygens (including phenoxy) is 1. The van der Waals surface area contributed by atoms with Crippen molar-refractivity contribution in [3.63, 3.8) is 0 Å². The Morgan fingerprint density at radius 3 is 2.74 bits per heavy atom. The number of thioether (sulfide) groups is 1. The topological polar surface area (TPSA) is 59.1 Å². The lowest BCUT2D eigenvalue weighted by atomic mass is 9.98. The fourth-order valence-corrected chi connectivity index (χ4v) is 6.98. The van der Waals surface area contributed by atoms with Gasteiger partial charge in [0.2, 0.25) is 5.95 Å². The Labute approximate surface area is 214 Å². The fraction of sp³-hybridized carbons (Fsp3) is 0.417. The molecule has 0 atom stereocenters. The molecule has 0 amide bonds. The highest BCUT2D eigenvalue weighted by atomic mass is 35.5. The molecule has 0 saturated carbocycles. The molecule has 186 valence electrons. The summed E-state index contributed by atoms with van der Waals surface area (Å²) in [5.41, 5.74) is 1.87. The Morgan fingerprint density at radius 2 is 2.00 bits per heavy atom. The molecule has 35 heavy (non-hydrogen) atoms. The zero-order valence-electron chi connectivity index (χ0n) is 19.0. The van der Waals surface area contributed by atoms with Crippen LogP contribution in [0.5, 0.6) is 0 Å². The number of hydrogen-bond donors (Lipinski definition) is 2. The Balaban J connectivity index is 1.53. The number of anilines is 2. The zero-order chi connectivity index (χ0) is 24.6.